The number of hydrogen-bond donors (Lipinski definition) is 0. The summed E-state index contributed by atoms with van der Waals surface area (Å²) in [5, 5.41) is 0. The molecule has 0 saturated heterocycles. The SMILES string of the molecule is CC(C)N(CCCc1c(C2(Cl)CC2)cccc1C1(Cl)CC1)CCc1ccccc1. The van der Waals surface area contributed by atoms with Crippen LogP contribution in [-0.4, -0.2) is 24.0 Å². The molecule has 2 aliphatic rings. The average molecular weight is 430 g/mol. The maximum Gasteiger partial charge on any atom is 0.0699 e. The van der Waals surface area contributed by atoms with E-state index in [0.29, 0.717) is 6.04 Å². The van der Waals surface area contributed by atoms with Gasteiger partial charge in [-0.3, -0.25) is 0 Å². The van der Waals surface area contributed by atoms with Gasteiger partial charge in [-0.05, 0) is 87.6 Å². The van der Waals surface area contributed by atoms with Crippen molar-refractivity contribution in [2.24, 2.45) is 0 Å². The van der Waals surface area contributed by atoms with Crippen LogP contribution in [0.15, 0.2) is 48.5 Å². The van der Waals surface area contributed by atoms with E-state index in [2.05, 4.69) is 67.3 Å². The maximum absolute atomic E-state index is 6.87. The normalized spacial score (nSPS) is 19.0. The van der Waals surface area contributed by atoms with Gasteiger partial charge in [-0.1, -0.05) is 48.5 Å². The summed E-state index contributed by atoms with van der Waals surface area (Å²) in [5.74, 6) is 0. The van der Waals surface area contributed by atoms with Crippen LogP contribution in [0, 0.1) is 0 Å². The van der Waals surface area contributed by atoms with Gasteiger partial charge in [-0.2, -0.15) is 0 Å². The fourth-order valence-electron chi connectivity index (χ4n) is 4.46. The van der Waals surface area contributed by atoms with E-state index in [4.69, 9.17) is 23.2 Å². The third kappa shape index (κ3) is 5.01. The summed E-state index contributed by atoms with van der Waals surface area (Å²) in [4.78, 5) is 2.35. The fourth-order valence-corrected chi connectivity index (χ4v) is 5.00. The molecule has 0 aromatic heterocycles. The summed E-state index contributed by atoms with van der Waals surface area (Å²) >= 11 is 13.7. The summed E-state index contributed by atoms with van der Waals surface area (Å²) in [5.41, 5.74) is 5.56. The molecule has 2 aromatic carbocycles. The first kappa shape index (κ1) is 21.2. The molecular weight excluding hydrogens is 397 g/mol. The first-order chi connectivity index (χ1) is 13.9. The second kappa shape index (κ2) is 8.61. The largest absolute Gasteiger partial charge is 0.301 e. The van der Waals surface area contributed by atoms with Crippen LogP contribution in [0.3, 0.4) is 0 Å². The molecule has 29 heavy (non-hydrogen) atoms. The zero-order valence-corrected chi connectivity index (χ0v) is 19.3. The molecule has 0 unspecified atom stereocenters. The van der Waals surface area contributed by atoms with Crippen LogP contribution < -0.4 is 0 Å². The van der Waals surface area contributed by atoms with E-state index in [0.717, 1.165) is 58.0 Å². The Labute approximate surface area is 186 Å². The van der Waals surface area contributed by atoms with Gasteiger partial charge in [0.2, 0.25) is 0 Å². The van der Waals surface area contributed by atoms with Crippen molar-refractivity contribution < 1.29 is 0 Å². The van der Waals surface area contributed by atoms with Crippen LogP contribution in [0.5, 0.6) is 0 Å². The Balaban J connectivity index is 1.42. The smallest absolute Gasteiger partial charge is 0.0699 e. The van der Waals surface area contributed by atoms with Crippen molar-refractivity contribution >= 4 is 23.2 Å². The molecule has 2 fully saturated rings. The molecule has 4 rings (SSSR count). The first-order valence-corrected chi connectivity index (χ1v) is 12.0. The Bertz CT molecular complexity index is 786. The van der Waals surface area contributed by atoms with Crippen LogP contribution in [-0.2, 0) is 22.6 Å². The summed E-state index contributed by atoms with van der Waals surface area (Å²) in [6, 6.07) is 18.0. The molecule has 0 atom stereocenters. The van der Waals surface area contributed by atoms with Crippen molar-refractivity contribution in [2.45, 2.75) is 74.6 Å². The lowest BCUT2D eigenvalue weighted by Gasteiger charge is -2.27. The highest BCUT2D eigenvalue weighted by atomic mass is 35.5. The van der Waals surface area contributed by atoms with Gasteiger partial charge in [0.25, 0.3) is 0 Å². The Hall–Kier alpha value is -1.02. The van der Waals surface area contributed by atoms with Gasteiger partial charge in [-0.25, -0.2) is 0 Å². The summed E-state index contributed by atoms with van der Waals surface area (Å²) in [6.45, 7) is 6.83. The molecule has 3 heteroatoms. The van der Waals surface area contributed by atoms with Gasteiger partial charge >= 0.3 is 0 Å². The van der Waals surface area contributed by atoms with Gasteiger partial charge in [-0.15, -0.1) is 23.2 Å². The highest BCUT2D eigenvalue weighted by Crippen LogP contribution is 2.58. The predicted molar refractivity (Wildman–Crippen MR) is 125 cm³/mol. The highest BCUT2D eigenvalue weighted by molar-refractivity contribution is 6.27. The van der Waals surface area contributed by atoms with Gasteiger partial charge in [0.05, 0.1) is 9.75 Å². The lowest BCUT2D eigenvalue weighted by molar-refractivity contribution is 0.221. The predicted octanol–water partition coefficient (Wildman–Crippen LogP) is 7.03. The molecule has 2 aliphatic carbocycles. The number of alkyl halides is 2. The van der Waals surface area contributed by atoms with Gasteiger partial charge < -0.3 is 4.90 Å². The molecule has 2 aromatic rings. The Kier molecular flexibility index (Phi) is 6.30. The van der Waals surface area contributed by atoms with E-state index in [9.17, 15) is 0 Å². The molecule has 0 heterocycles. The molecule has 0 radical (unpaired) electrons. The highest BCUT2D eigenvalue weighted by Gasteiger charge is 2.48. The summed E-state index contributed by atoms with van der Waals surface area (Å²) in [7, 11) is 0. The molecule has 0 bridgehead atoms. The monoisotopic (exact) mass is 429 g/mol. The topological polar surface area (TPSA) is 3.24 Å². The summed E-state index contributed by atoms with van der Waals surface area (Å²) in [6.07, 6.45) is 7.70. The zero-order valence-electron chi connectivity index (χ0n) is 17.8. The molecule has 156 valence electrons. The molecule has 2 saturated carbocycles. The van der Waals surface area contributed by atoms with Crippen molar-refractivity contribution in [1.82, 2.24) is 4.90 Å². The van der Waals surface area contributed by atoms with Crippen molar-refractivity contribution in [3.05, 3.63) is 70.8 Å². The first-order valence-electron chi connectivity index (χ1n) is 11.2. The lowest BCUT2D eigenvalue weighted by Crippen LogP contribution is -2.34. The van der Waals surface area contributed by atoms with Crippen LogP contribution in [0.25, 0.3) is 0 Å². The van der Waals surface area contributed by atoms with Crippen LogP contribution in [0.1, 0.15) is 68.2 Å². The molecule has 0 amide bonds. The van der Waals surface area contributed by atoms with Crippen LogP contribution in [0.2, 0.25) is 0 Å². The Morgan fingerprint density at radius 3 is 1.90 bits per heavy atom. The molecule has 0 spiro atoms. The number of benzene rings is 2. The van der Waals surface area contributed by atoms with E-state index in [1.165, 1.54) is 22.3 Å². The minimum atomic E-state index is -0.126. The average Bonchev–Trinajstić information content (AvgIpc) is 3.64. The van der Waals surface area contributed by atoms with E-state index in [-0.39, 0.29) is 9.75 Å². The van der Waals surface area contributed by atoms with Gasteiger partial charge in [0.15, 0.2) is 0 Å². The quantitative estimate of drug-likeness (QED) is 0.366. The van der Waals surface area contributed by atoms with Crippen molar-refractivity contribution in [2.75, 3.05) is 13.1 Å². The van der Waals surface area contributed by atoms with E-state index < -0.39 is 0 Å². The number of hydrogen-bond acceptors (Lipinski definition) is 1. The third-order valence-electron chi connectivity index (χ3n) is 6.65. The Morgan fingerprint density at radius 2 is 1.38 bits per heavy atom. The van der Waals surface area contributed by atoms with E-state index in [1.807, 2.05) is 0 Å². The molecular formula is C26H33Cl2N. The Morgan fingerprint density at radius 1 is 0.793 bits per heavy atom. The molecule has 0 N–H and O–H groups in total. The van der Waals surface area contributed by atoms with E-state index >= 15 is 0 Å². The van der Waals surface area contributed by atoms with Crippen molar-refractivity contribution in [3.63, 3.8) is 0 Å². The number of halogens is 2. The second-order valence-electron chi connectivity index (χ2n) is 9.23. The van der Waals surface area contributed by atoms with Crippen LogP contribution >= 0.6 is 23.2 Å². The van der Waals surface area contributed by atoms with Gasteiger partial charge in [0, 0.05) is 12.6 Å². The second-order valence-corrected chi connectivity index (χ2v) is 10.7. The minimum absolute atomic E-state index is 0.126. The maximum atomic E-state index is 6.87. The minimum Gasteiger partial charge on any atom is -0.301 e. The van der Waals surface area contributed by atoms with Gasteiger partial charge in [0.1, 0.15) is 0 Å². The fraction of sp³-hybridized carbons (Fsp3) is 0.538. The molecule has 1 nitrogen and oxygen atoms in total. The standard InChI is InChI=1S/C26H33Cl2N/c1-20(2)29(19-13-21-8-4-3-5-9-21)18-7-10-22-23(25(27)14-15-25)11-6-12-24(22)26(28)16-17-26/h3-6,8-9,11-12,20H,7,10,13-19H2,1-2H3. The number of nitrogens with zero attached hydrogens (tertiary/aromatic N) is 1. The molecule has 0 aliphatic heterocycles. The van der Waals surface area contributed by atoms with Crippen molar-refractivity contribution in [3.8, 4) is 0 Å². The third-order valence-corrected chi connectivity index (χ3v) is 7.82. The number of rotatable bonds is 10. The van der Waals surface area contributed by atoms with Crippen LogP contribution in [0.4, 0.5) is 0 Å². The lowest BCUT2D eigenvalue weighted by atomic mass is 9.91. The zero-order chi connectivity index (χ0) is 20.5. The van der Waals surface area contributed by atoms with E-state index in [1.54, 1.807) is 0 Å². The van der Waals surface area contributed by atoms with Crippen molar-refractivity contribution in [1.29, 1.82) is 0 Å². The summed E-state index contributed by atoms with van der Waals surface area (Å²) < 4.78 is 0.